The summed E-state index contributed by atoms with van der Waals surface area (Å²) >= 11 is 2.29. The average molecular weight is 427 g/mol. The number of halogens is 1. The van der Waals surface area contributed by atoms with E-state index in [9.17, 15) is 4.79 Å². The molecule has 1 saturated heterocycles. The number of ether oxygens (including phenoxy) is 1. The molecule has 0 spiro atoms. The second-order valence-corrected chi connectivity index (χ2v) is 8.52. The number of aromatic amines is 1. The normalized spacial score (nSPS) is 21.9. The molecule has 0 saturated carbocycles. The van der Waals surface area contributed by atoms with Crippen molar-refractivity contribution in [3.8, 4) is 0 Å². The van der Waals surface area contributed by atoms with Crippen LogP contribution in [0.3, 0.4) is 0 Å². The monoisotopic (exact) mass is 427 g/mol. The number of rotatable bonds is 1. The molecule has 1 aliphatic rings. The van der Waals surface area contributed by atoms with Crippen molar-refractivity contribution >= 4 is 39.7 Å². The van der Waals surface area contributed by atoms with E-state index in [0.717, 1.165) is 26.8 Å². The summed E-state index contributed by atoms with van der Waals surface area (Å²) in [5.41, 5.74) is 1.46. The average Bonchev–Trinajstić information content (AvgIpc) is 2.99. The summed E-state index contributed by atoms with van der Waals surface area (Å²) in [6.45, 7) is 8.53. The summed E-state index contributed by atoms with van der Waals surface area (Å²) in [4.78, 5) is 22.4. The number of hydrogen-bond donors (Lipinski definition) is 1. The molecule has 1 fully saturated rings. The maximum Gasteiger partial charge on any atom is 0.410 e. The van der Waals surface area contributed by atoms with Crippen molar-refractivity contribution in [2.45, 2.75) is 45.8 Å². The minimum Gasteiger partial charge on any atom is -0.444 e. The molecular weight excluding hydrogens is 405 g/mol. The van der Waals surface area contributed by atoms with Gasteiger partial charge in [0.15, 0.2) is 0 Å². The number of imidazole rings is 1. The number of nitrogens with zero attached hydrogens (tertiary/aromatic N) is 2. The molecule has 3 rings (SSSR count). The highest BCUT2D eigenvalue weighted by Gasteiger charge is 2.38. The van der Waals surface area contributed by atoms with Crippen LogP contribution in [-0.2, 0) is 4.74 Å². The van der Waals surface area contributed by atoms with E-state index < -0.39 is 5.60 Å². The Hall–Kier alpha value is -1.31. The largest absolute Gasteiger partial charge is 0.444 e. The zero-order valence-corrected chi connectivity index (χ0v) is 16.0. The molecule has 2 heterocycles. The Labute approximate surface area is 149 Å². The molecule has 1 aromatic carbocycles. The fourth-order valence-electron chi connectivity index (χ4n) is 2.99. The highest BCUT2D eigenvalue weighted by atomic mass is 127. The molecule has 23 heavy (non-hydrogen) atoms. The quantitative estimate of drug-likeness (QED) is 0.683. The molecule has 1 aromatic heterocycles. The molecule has 124 valence electrons. The van der Waals surface area contributed by atoms with Crippen LogP contribution < -0.4 is 0 Å². The number of fused-ring (bicyclic) bond motifs is 1. The lowest BCUT2D eigenvalue weighted by molar-refractivity contribution is 0.0215. The molecule has 0 bridgehead atoms. The first kappa shape index (κ1) is 16.5. The number of likely N-dealkylation sites (tertiary alicyclic amines) is 1. The van der Waals surface area contributed by atoms with Crippen molar-refractivity contribution in [2.24, 2.45) is 5.92 Å². The van der Waals surface area contributed by atoms with Gasteiger partial charge in [0.1, 0.15) is 11.4 Å². The Bertz CT molecular complexity index is 735. The summed E-state index contributed by atoms with van der Waals surface area (Å²) < 4.78 is 6.72. The molecule has 1 unspecified atom stereocenters. The summed E-state index contributed by atoms with van der Waals surface area (Å²) in [5.74, 6) is 1.28. The second kappa shape index (κ2) is 5.96. The van der Waals surface area contributed by atoms with Crippen LogP contribution in [0.15, 0.2) is 18.2 Å². The van der Waals surface area contributed by atoms with E-state index in [1.54, 1.807) is 4.90 Å². The Kier molecular flexibility index (Phi) is 4.29. The molecule has 5 nitrogen and oxygen atoms in total. The Morgan fingerprint density at radius 3 is 2.87 bits per heavy atom. The smallest absolute Gasteiger partial charge is 0.410 e. The van der Waals surface area contributed by atoms with Crippen molar-refractivity contribution in [3.63, 3.8) is 0 Å². The van der Waals surface area contributed by atoms with E-state index in [1.165, 1.54) is 0 Å². The number of carbonyl (C=O) groups excluding carboxylic acids is 1. The number of carbonyl (C=O) groups is 1. The highest BCUT2D eigenvalue weighted by Crippen LogP contribution is 2.35. The van der Waals surface area contributed by atoms with Gasteiger partial charge in [-0.05, 0) is 73.9 Å². The predicted molar refractivity (Wildman–Crippen MR) is 98.3 cm³/mol. The van der Waals surface area contributed by atoms with E-state index in [-0.39, 0.29) is 12.1 Å². The second-order valence-electron chi connectivity index (χ2n) is 7.27. The minimum atomic E-state index is -0.489. The molecule has 1 amide bonds. The standard InChI is InChI=1S/C17H22IN3O2/c1-10-7-14(21(9-10)16(22)23-17(2,3)4)15-19-12-6-5-11(18)8-13(12)20-15/h5-6,8,10,14H,7,9H2,1-4H3,(H,19,20)/t10-,14?/m0/s1. The van der Waals surface area contributed by atoms with E-state index in [2.05, 4.69) is 40.6 Å². The highest BCUT2D eigenvalue weighted by molar-refractivity contribution is 14.1. The van der Waals surface area contributed by atoms with Gasteiger partial charge in [0.2, 0.25) is 0 Å². The molecule has 0 radical (unpaired) electrons. The first-order chi connectivity index (χ1) is 10.7. The lowest BCUT2D eigenvalue weighted by Crippen LogP contribution is -2.37. The van der Waals surface area contributed by atoms with Crippen molar-refractivity contribution in [3.05, 3.63) is 27.6 Å². The molecule has 1 N–H and O–H groups in total. The number of H-pyrrole nitrogens is 1. The van der Waals surface area contributed by atoms with Crippen LogP contribution in [-0.4, -0.2) is 33.1 Å². The molecule has 6 heteroatoms. The number of hydrogen-bond acceptors (Lipinski definition) is 3. The molecular formula is C17H22IN3O2. The van der Waals surface area contributed by atoms with Crippen LogP contribution in [0.4, 0.5) is 4.79 Å². The van der Waals surface area contributed by atoms with Gasteiger partial charge >= 0.3 is 6.09 Å². The summed E-state index contributed by atoms with van der Waals surface area (Å²) in [6.07, 6.45) is 0.637. The SMILES string of the molecule is C[C@H]1CC(c2nc3ccc(I)cc3[nH]2)N(C(=O)OC(C)(C)C)C1. The zero-order valence-electron chi connectivity index (χ0n) is 13.9. The third-order valence-electron chi connectivity index (χ3n) is 3.92. The van der Waals surface area contributed by atoms with Gasteiger partial charge in [0, 0.05) is 10.1 Å². The van der Waals surface area contributed by atoms with Gasteiger partial charge in [-0.1, -0.05) is 6.92 Å². The minimum absolute atomic E-state index is 0.0510. The fraction of sp³-hybridized carbons (Fsp3) is 0.529. The third-order valence-corrected chi connectivity index (χ3v) is 4.59. The van der Waals surface area contributed by atoms with Crippen molar-refractivity contribution in [1.82, 2.24) is 14.9 Å². The van der Waals surface area contributed by atoms with Crippen LogP contribution in [0.1, 0.15) is 46.0 Å². The van der Waals surface area contributed by atoms with Crippen LogP contribution in [0.25, 0.3) is 11.0 Å². The molecule has 1 aliphatic heterocycles. The number of benzene rings is 1. The number of amides is 1. The summed E-state index contributed by atoms with van der Waals surface area (Å²) in [6, 6.07) is 6.07. The van der Waals surface area contributed by atoms with Crippen molar-refractivity contribution in [1.29, 1.82) is 0 Å². The number of aromatic nitrogens is 2. The molecule has 0 aliphatic carbocycles. The van der Waals surface area contributed by atoms with Gasteiger partial charge in [-0.25, -0.2) is 9.78 Å². The lowest BCUT2D eigenvalue weighted by atomic mass is 10.1. The molecule has 2 aromatic rings. The topological polar surface area (TPSA) is 58.2 Å². The third kappa shape index (κ3) is 3.62. The maximum atomic E-state index is 12.5. The first-order valence-corrected chi connectivity index (χ1v) is 8.95. The Morgan fingerprint density at radius 1 is 1.43 bits per heavy atom. The van der Waals surface area contributed by atoms with Gasteiger partial charge in [-0.3, -0.25) is 4.90 Å². The van der Waals surface area contributed by atoms with E-state index in [0.29, 0.717) is 12.5 Å². The molecule has 2 atom stereocenters. The van der Waals surface area contributed by atoms with Gasteiger partial charge in [-0.15, -0.1) is 0 Å². The van der Waals surface area contributed by atoms with Gasteiger partial charge < -0.3 is 9.72 Å². The van der Waals surface area contributed by atoms with Gasteiger partial charge in [-0.2, -0.15) is 0 Å². The fourth-order valence-corrected chi connectivity index (χ4v) is 3.48. The van der Waals surface area contributed by atoms with Crippen molar-refractivity contribution in [2.75, 3.05) is 6.54 Å². The lowest BCUT2D eigenvalue weighted by Gasteiger charge is -2.27. The zero-order chi connectivity index (χ0) is 16.8. The van der Waals surface area contributed by atoms with Crippen LogP contribution >= 0.6 is 22.6 Å². The first-order valence-electron chi connectivity index (χ1n) is 7.88. The predicted octanol–water partition coefficient (Wildman–Crippen LogP) is 4.49. The maximum absolute atomic E-state index is 12.5. The Balaban J connectivity index is 1.90. The van der Waals surface area contributed by atoms with Crippen LogP contribution in [0, 0.1) is 9.49 Å². The number of nitrogens with one attached hydrogen (secondary N) is 1. The van der Waals surface area contributed by atoms with E-state index in [1.807, 2.05) is 32.9 Å². The van der Waals surface area contributed by atoms with Crippen LogP contribution in [0.5, 0.6) is 0 Å². The van der Waals surface area contributed by atoms with Crippen LogP contribution in [0.2, 0.25) is 0 Å². The summed E-state index contributed by atoms with van der Waals surface area (Å²) in [7, 11) is 0. The Morgan fingerprint density at radius 2 is 2.17 bits per heavy atom. The van der Waals surface area contributed by atoms with Crippen molar-refractivity contribution < 1.29 is 9.53 Å². The van der Waals surface area contributed by atoms with Gasteiger partial charge in [0.25, 0.3) is 0 Å². The van der Waals surface area contributed by atoms with Gasteiger partial charge in [0.05, 0.1) is 17.1 Å². The summed E-state index contributed by atoms with van der Waals surface area (Å²) in [5, 5.41) is 0. The van der Waals surface area contributed by atoms with E-state index >= 15 is 0 Å². The van der Waals surface area contributed by atoms with E-state index in [4.69, 9.17) is 9.72 Å².